The molecule has 2 fully saturated rings. The van der Waals surface area contributed by atoms with Crippen molar-refractivity contribution in [3.05, 3.63) is 36.0 Å². The molecule has 5 rings (SSSR count). The van der Waals surface area contributed by atoms with Crippen molar-refractivity contribution in [2.75, 3.05) is 50.4 Å². The Morgan fingerprint density at radius 1 is 1.18 bits per heavy atom. The Kier molecular flexibility index (Phi) is 5.52. The molecular formula is C22H26FN9O2. The van der Waals surface area contributed by atoms with Gasteiger partial charge in [-0.05, 0) is 32.5 Å². The molecule has 4 N–H and O–H groups in total. The third kappa shape index (κ3) is 3.69. The predicted octanol–water partition coefficient (Wildman–Crippen LogP) is 0.354. The van der Waals surface area contributed by atoms with E-state index in [-0.39, 0.29) is 34.7 Å². The molecule has 2 aliphatic rings. The number of aromatic nitrogens is 4. The average molecular weight is 468 g/mol. The fourth-order valence-corrected chi connectivity index (χ4v) is 4.84. The number of anilines is 2. The second kappa shape index (κ2) is 8.52. The van der Waals surface area contributed by atoms with Gasteiger partial charge < -0.3 is 21.3 Å². The molecule has 0 saturated carbocycles. The van der Waals surface area contributed by atoms with Crippen LogP contribution < -0.4 is 16.4 Å². The topological polar surface area (TPSA) is 139 Å². The minimum Gasteiger partial charge on any atom is -0.381 e. The Labute approximate surface area is 195 Å². The van der Waals surface area contributed by atoms with E-state index in [0.717, 1.165) is 35.8 Å². The molecule has 2 amide bonds. The Hall–Kier alpha value is -3.80. The molecule has 0 spiro atoms. The first kappa shape index (κ1) is 22.0. The Morgan fingerprint density at radius 3 is 2.62 bits per heavy atom. The first-order valence-corrected chi connectivity index (χ1v) is 11.2. The number of nitrogens with two attached hydrogens (primary N) is 2. The van der Waals surface area contributed by atoms with Crippen molar-refractivity contribution in [3.63, 3.8) is 0 Å². The standard InChI is InChI=1S/C22H26FN9O2/c1-29-6-2-3-16(29)22(34)31-9-7-30(8-10-31)15-4-5-26-11-13(15)18-14(23)12-32-21(27-18)17(20(25)33)19(24)28-32/h4-5,11-12,16H,2-3,6-10H2,1H3,(H2,24,28)(H2,25,33)/t16-/m0/s1. The van der Waals surface area contributed by atoms with Crippen LogP contribution in [0.3, 0.4) is 0 Å². The van der Waals surface area contributed by atoms with Gasteiger partial charge in [-0.1, -0.05) is 0 Å². The fourth-order valence-electron chi connectivity index (χ4n) is 4.84. The summed E-state index contributed by atoms with van der Waals surface area (Å²) >= 11 is 0. The second-order valence-corrected chi connectivity index (χ2v) is 8.67. The summed E-state index contributed by atoms with van der Waals surface area (Å²) in [7, 11) is 1.99. The summed E-state index contributed by atoms with van der Waals surface area (Å²) in [6, 6.07) is 1.75. The summed E-state index contributed by atoms with van der Waals surface area (Å²) in [5.74, 6) is -1.38. The fraction of sp³-hybridized carbons (Fsp3) is 0.409. The highest BCUT2D eigenvalue weighted by Crippen LogP contribution is 2.32. The zero-order chi connectivity index (χ0) is 24.0. The zero-order valence-corrected chi connectivity index (χ0v) is 18.8. The van der Waals surface area contributed by atoms with Gasteiger partial charge in [-0.2, -0.15) is 0 Å². The van der Waals surface area contributed by atoms with Gasteiger partial charge in [-0.15, -0.1) is 5.10 Å². The average Bonchev–Trinajstić information content (AvgIpc) is 3.39. The summed E-state index contributed by atoms with van der Waals surface area (Å²) < 4.78 is 16.2. The van der Waals surface area contributed by atoms with Crippen molar-refractivity contribution in [1.82, 2.24) is 29.4 Å². The van der Waals surface area contributed by atoms with E-state index in [4.69, 9.17) is 11.5 Å². The number of halogens is 1. The maximum atomic E-state index is 15.1. The molecule has 34 heavy (non-hydrogen) atoms. The molecule has 3 aromatic rings. The van der Waals surface area contributed by atoms with E-state index in [1.54, 1.807) is 12.3 Å². The summed E-state index contributed by atoms with van der Waals surface area (Å²) in [6.07, 6.45) is 6.21. The molecule has 0 aliphatic carbocycles. The molecule has 5 heterocycles. The third-order valence-corrected chi connectivity index (χ3v) is 6.63. The predicted molar refractivity (Wildman–Crippen MR) is 124 cm³/mol. The second-order valence-electron chi connectivity index (χ2n) is 8.67. The van der Waals surface area contributed by atoms with Gasteiger partial charge in [0, 0.05) is 49.8 Å². The van der Waals surface area contributed by atoms with Crippen LogP contribution in [-0.4, -0.2) is 87.0 Å². The molecule has 11 nitrogen and oxygen atoms in total. The van der Waals surface area contributed by atoms with E-state index in [1.807, 2.05) is 11.9 Å². The Balaban J connectivity index is 1.43. The number of nitrogen functional groups attached to an aromatic ring is 1. The maximum Gasteiger partial charge on any atom is 0.256 e. The van der Waals surface area contributed by atoms with Crippen LogP contribution in [0.4, 0.5) is 15.9 Å². The van der Waals surface area contributed by atoms with Crippen LogP contribution in [-0.2, 0) is 4.79 Å². The third-order valence-electron chi connectivity index (χ3n) is 6.63. The molecular weight excluding hydrogens is 441 g/mol. The molecule has 3 aromatic heterocycles. The summed E-state index contributed by atoms with van der Waals surface area (Å²) in [5.41, 5.74) is 12.4. The lowest BCUT2D eigenvalue weighted by molar-refractivity contribution is -0.135. The van der Waals surface area contributed by atoms with Crippen LogP contribution in [0.5, 0.6) is 0 Å². The number of likely N-dealkylation sites (tertiary alicyclic amines) is 1. The molecule has 0 aromatic carbocycles. The van der Waals surface area contributed by atoms with Crippen LogP contribution in [0.15, 0.2) is 24.7 Å². The number of carbonyl (C=O) groups excluding carboxylic acids is 2. The van der Waals surface area contributed by atoms with Crippen molar-refractivity contribution in [3.8, 4) is 11.3 Å². The van der Waals surface area contributed by atoms with E-state index >= 15 is 4.39 Å². The van der Waals surface area contributed by atoms with E-state index in [1.165, 1.54) is 6.20 Å². The van der Waals surface area contributed by atoms with Gasteiger partial charge in [0.2, 0.25) is 5.91 Å². The highest BCUT2D eigenvalue weighted by Gasteiger charge is 2.33. The van der Waals surface area contributed by atoms with Gasteiger partial charge in [0.25, 0.3) is 5.91 Å². The molecule has 0 bridgehead atoms. The number of rotatable bonds is 4. The number of hydrogen-bond donors (Lipinski definition) is 2. The molecule has 2 aliphatic heterocycles. The van der Waals surface area contributed by atoms with Gasteiger partial charge in [0.1, 0.15) is 11.3 Å². The van der Waals surface area contributed by atoms with Gasteiger partial charge in [-0.3, -0.25) is 19.5 Å². The zero-order valence-electron chi connectivity index (χ0n) is 18.8. The number of likely N-dealkylation sites (N-methyl/N-ethyl adjacent to an activating group) is 1. The number of primary amides is 1. The van der Waals surface area contributed by atoms with Crippen LogP contribution in [0.2, 0.25) is 0 Å². The van der Waals surface area contributed by atoms with Crippen molar-refractivity contribution in [1.29, 1.82) is 0 Å². The maximum absolute atomic E-state index is 15.1. The van der Waals surface area contributed by atoms with Crippen molar-refractivity contribution >= 4 is 29.0 Å². The first-order chi connectivity index (χ1) is 16.3. The molecule has 1 atom stereocenters. The van der Waals surface area contributed by atoms with E-state index in [2.05, 4.69) is 24.9 Å². The number of piperazine rings is 1. The quantitative estimate of drug-likeness (QED) is 0.561. The van der Waals surface area contributed by atoms with Gasteiger partial charge in [0.05, 0.1) is 12.2 Å². The van der Waals surface area contributed by atoms with Crippen molar-refractivity contribution in [2.24, 2.45) is 5.73 Å². The van der Waals surface area contributed by atoms with E-state index in [0.29, 0.717) is 31.7 Å². The number of fused-ring (bicyclic) bond motifs is 1. The monoisotopic (exact) mass is 467 g/mol. The summed E-state index contributed by atoms with van der Waals surface area (Å²) in [5, 5.41) is 3.93. The summed E-state index contributed by atoms with van der Waals surface area (Å²) in [6.45, 7) is 3.28. The van der Waals surface area contributed by atoms with Crippen LogP contribution in [0, 0.1) is 5.82 Å². The van der Waals surface area contributed by atoms with Crippen molar-refractivity contribution < 1.29 is 14.0 Å². The van der Waals surface area contributed by atoms with Gasteiger partial charge in [0.15, 0.2) is 17.3 Å². The highest BCUT2D eigenvalue weighted by atomic mass is 19.1. The minimum absolute atomic E-state index is 0.0177. The first-order valence-electron chi connectivity index (χ1n) is 11.2. The number of nitrogens with zero attached hydrogens (tertiary/aromatic N) is 7. The van der Waals surface area contributed by atoms with E-state index in [9.17, 15) is 9.59 Å². The van der Waals surface area contributed by atoms with Crippen LogP contribution in [0.1, 0.15) is 23.2 Å². The number of carbonyl (C=O) groups is 2. The molecule has 0 radical (unpaired) electrons. The van der Waals surface area contributed by atoms with Crippen LogP contribution in [0.25, 0.3) is 16.9 Å². The normalized spacial score (nSPS) is 19.2. The lowest BCUT2D eigenvalue weighted by Gasteiger charge is -2.38. The smallest absolute Gasteiger partial charge is 0.256 e. The lowest BCUT2D eigenvalue weighted by atomic mass is 10.1. The lowest BCUT2D eigenvalue weighted by Crippen LogP contribution is -2.53. The largest absolute Gasteiger partial charge is 0.381 e. The number of hydrogen-bond acceptors (Lipinski definition) is 8. The molecule has 0 unspecified atom stereocenters. The van der Waals surface area contributed by atoms with E-state index < -0.39 is 11.7 Å². The van der Waals surface area contributed by atoms with Crippen molar-refractivity contribution in [2.45, 2.75) is 18.9 Å². The number of pyridine rings is 1. The molecule has 178 valence electrons. The molecule has 2 saturated heterocycles. The molecule has 12 heteroatoms. The van der Waals surface area contributed by atoms with Gasteiger partial charge >= 0.3 is 0 Å². The highest BCUT2D eigenvalue weighted by molar-refractivity contribution is 6.03. The Morgan fingerprint density at radius 2 is 1.94 bits per heavy atom. The van der Waals surface area contributed by atoms with Crippen LogP contribution >= 0.6 is 0 Å². The van der Waals surface area contributed by atoms with Gasteiger partial charge in [-0.25, -0.2) is 13.9 Å². The SMILES string of the molecule is CN1CCC[C@H]1C(=O)N1CCN(c2ccncc2-c2nc3c(C(N)=O)c(N)nn3cc2F)CC1. The number of amides is 2. The summed E-state index contributed by atoms with van der Waals surface area (Å²) in [4.78, 5) is 39.4. The Bertz CT molecular complexity index is 1270. The minimum atomic E-state index is -0.794.